The van der Waals surface area contributed by atoms with Crippen molar-refractivity contribution >= 4 is 35.0 Å². The zero-order valence-corrected chi connectivity index (χ0v) is 12.9. The molecule has 0 aromatic carbocycles. The van der Waals surface area contributed by atoms with Crippen LogP contribution in [0.2, 0.25) is 0 Å². The van der Waals surface area contributed by atoms with E-state index in [4.69, 9.17) is 27.9 Å². The number of ketones is 1. The maximum Gasteiger partial charge on any atom is 0.335 e. The molecule has 19 heavy (non-hydrogen) atoms. The molecule has 0 aromatic heterocycles. The number of esters is 1. The Morgan fingerprint density at radius 2 is 2.16 bits per heavy atom. The van der Waals surface area contributed by atoms with Crippen molar-refractivity contribution in [2.45, 2.75) is 44.4 Å². The number of ether oxygens (including phenoxy) is 1. The summed E-state index contributed by atoms with van der Waals surface area (Å²) in [5.41, 5.74) is -0.135. The van der Waals surface area contributed by atoms with E-state index >= 15 is 0 Å². The van der Waals surface area contributed by atoms with Crippen LogP contribution in [0.5, 0.6) is 0 Å². The molecule has 2 aliphatic rings. The van der Waals surface area contributed by atoms with Crippen molar-refractivity contribution in [3.63, 3.8) is 0 Å². The molecule has 0 N–H and O–H groups in total. The van der Waals surface area contributed by atoms with Gasteiger partial charge in [-0.15, -0.1) is 11.6 Å². The van der Waals surface area contributed by atoms with E-state index in [1.807, 2.05) is 0 Å². The molecule has 0 unspecified atom stereocenters. The van der Waals surface area contributed by atoms with Gasteiger partial charge in [-0.3, -0.25) is 4.79 Å². The van der Waals surface area contributed by atoms with Gasteiger partial charge in [0.25, 0.3) is 0 Å². The predicted octanol–water partition coefficient (Wildman–Crippen LogP) is 3.16. The molecule has 2 saturated carbocycles. The summed E-state index contributed by atoms with van der Waals surface area (Å²) in [5.74, 6) is -0.0552. The Labute approximate surface area is 124 Å². The van der Waals surface area contributed by atoms with Crippen LogP contribution in [-0.4, -0.2) is 29.1 Å². The van der Waals surface area contributed by atoms with E-state index in [9.17, 15) is 9.59 Å². The maximum atomic E-state index is 12.2. The molecule has 0 aliphatic heterocycles. The molecule has 108 valence electrons. The Morgan fingerprint density at radius 3 is 2.74 bits per heavy atom. The first-order chi connectivity index (χ1) is 8.91. The first-order valence-corrected chi connectivity index (χ1v) is 7.77. The first kappa shape index (κ1) is 15.1. The number of fused-ring (bicyclic) bond motifs is 1. The molecule has 0 radical (unpaired) electrons. The Morgan fingerprint density at radius 1 is 1.47 bits per heavy atom. The minimum atomic E-state index is -1.50. The molecule has 5 heteroatoms. The van der Waals surface area contributed by atoms with Crippen LogP contribution in [0.15, 0.2) is 0 Å². The van der Waals surface area contributed by atoms with Gasteiger partial charge in [0.15, 0.2) is 5.78 Å². The molecule has 0 aromatic rings. The lowest BCUT2D eigenvalue weighted by Crippen LogP contribution is -2.57. The quantitative estimate of drug-likeness (QED) is 0.457. The summed E-state index contributed by atoms with van der Waals surface area (Å²) in [6, 6.07) is 0. The van der Waals surface area contributed by atoms with Crippen LogP contribution in [0.1, 0.15) is 39.5 Å². The molecule has 2 rings (SSSR count). The fraction of sp³-hybridized carbons (Fsp3) is 0.857. The molecule has 2 aliphatic carbocycles. The SMILES string of the molecule is CCOC(=O)[C@@]1(Cl)C(=O)CC[C@@]2(C)[C@H](CCl)CC[C@@H]12. The fourth-order valence-electron chi connectivity index (χ4n) is 3.85. The van der Waals surface area contributed by atoms with Crippen LogP contribution in [0.25, 0.3) is 0 Å². The molecular weight excluding hydrogens is 287 g/mol. The number of hydrogen-bond donors (Lipinski definition) is 0. The summed E-state index contributed by atoms with van der Waals surface area (Å²) in [6.07, 6.45) is 2.79. The van der Waals surface area contributed by atoms with Crippen molar-refractivity contribution in [3.05, 3.63) is 0 Å². The highest BCUT2D eigenvalue weighted by Gasteiger charge is 2.64. The van der Waals surface area contributed by atoms with Crippen molar-refractivity contribution in [2.75, 3.05) is 12.5 Å². The number of hydrogen-bond acceptors (Lipinski definition) is 3. The monoisotopic (exact) mass is 306 g/mol. The Kier molecular flexibility index (Phi) is 4.18. The van der Waals surface area contributed by atoms with E-state index in [2.05, 4.69) is 6.92 Å². The Hall–Kier alpha value is -0.280. The number of halogens is 2. The summed E-state index contributed by atoms with van der Waals surface area (Å²) in [5, 5.41) is 0. The van der Waals surface area contributed by atoms with E-state index in [-0.39, 0.29) is 23.7 Å². The second-order valence-corrected chi connectivity index (χ2v) is 6.75. The lowest BCUT2D eigenvalue weighted by atomic mass is 9.61. The van der Waals surface area contributed by atoms with Gasteiger partial charge in [-0.1, -0.05) is 18.5 Å². The van der Waals surface area contributed by atoms with Gasteiger partial charge in [-0.25, -0.2) is 4.79 Å². The molecule has 4 atom stereocenters. The van der Waals surface area contributed by atoms with Crippen molar-refractivity contribution < 1.29 is 14.3 Å². The molecule has 0 bridgehead atoms. The maximum absolute atomic E-state index is 12.2. The molecule has 0 spiro atoms. The highest BCUT2D eigenvalue weighted by Crippen LogP contribution is 2.60. The van der Waals surface area contributed by atoms with Crippen molar-refractivity contribution in [2.24, 2.45) is 17.3 Å². The lowest BCUT2D eigenvalue weighted by Gasteiger charge is -2.46. The van der Waals surface area contributed by atoms with E-state index < -0.39 is 10.8 Å². The highest BCUT2D eigenvalue weighted by atomic mass is 35.5. The zero-order chi connectivity index (χ0) is 14.3. The Bertz CT molecular complexity index is 398. The largest absolute Gasteiger partial charge is 0.464 e. The van der Waals surface area contributed by atoms with Gasteiger partial charge in [0.1, 0.15) is 0 Å². The minimum absolute atomic E-state index is 0.135. The average Bonchev–Trinajstić information content (AvgIpc) is 2.72. The van der Waals surface area contributed by atoms with Gasteiger partial charge in [-0.2, -0.15) is 0 Å². The average molecular weight is 307 g/mol. The van der Waals surface area contributed by atoms with E-state index in [1.165, 1.54) is 0 Å². The van der Waals surface area contributed by atoms with Crippen molar-refractivity contribution in [1.82, 2.24) is 0 Å². The summed E-state index contributed by atoms with van der Waals surface area (Å²) in [7, 11) is 0. The third kappa shape index (κ3) is 2.09. The molecule has 3 nitrogen and oxygen atoms in total. The molecular formula is C14H20Cl2O3. The Balaban J connectivity index is 2.37. The summed E-state index contributed by atoms with van der Waals surface area (Å²) in [6.45, 7) is 4.07. The van der Waals surface area contributed by atoms with Gasteiger partial charge in [0.05, 0.1) is 6.61 Å². The van der Waals surface area contributed by atoms with Gasteiger partial charge < -0.3 is 4.74 Å². The van der Waals surface area contributed by atoms with Crippen LogP contribution < -0.4 is 0 Å². The van der Waals surface area contributed by atoms with E-state index in [1.54, 1.807) is 6.92 Å². The van der Waals surface area contributed by atoms with E-state index in [0.29, 0.717) is 18.2 Å². The van der Waals surface area contributed by atoms with Gasteiger partial charge in [0, 0.05) is 18.2 Å². The number of Topliss-reactive ketones (excluding diaryl/α,β-unsaturated/α-hetero) is 1. The van der Waals surface area contributed by atoms with Crippen LogP contribution in [-0.2, 0) is 14.3 Å². The van der Waals surface area contributed by atoms with Gasteiger partial charge in [-0.05, 0) is 37.5 Å². The number of alkyl halides is 2. The van der Waals surface area contributed by atoms with Crippen molar-refractivity contribution in [3.8, 4) is 0 Å². The third-order valence-corrected chi connectivity index (χ3v) is 6.07. The number of carbonyl (C=O) groups excluding carboxylic acids is 2. The third-order valence-electron chi connectivity index (χ3n) is 5.07. The van der Waals surface area contributed by atoms with Crippen molar-refractivity contribution in [1.29, 1.82) is 0 Å². The first-order valence-electron chi connectivity index (χ1n) is 6.86. The second-order valence-electron chi connectivity index (χ2n) is 5.84. The topological polar surface area (TPSA) is 43.4 Å². The molecule has 0 saturated heterocycles. The summed E-state index contributed by atoms with van der Waals surface area (Å²) >= 11 is 12.5. The van der Waals surface area contributed by atoms with Crippen LogP contribution in [0.3, 0.4) is 0 Å². The van der Waals surface area contributed by atoms with E-state index in [0.717, 1.165) is 19.3 Å². The molecule has 0 amide bonds. The van der Waals surface area contributed by atoms with Gasteiger partial charge in [0.2, 0.25) is 4.87 Å². The predicted molar refractivity (Wildman–Crippen MR) is 74.5 cm³/mol. The standard InChI is InChI=1S/C14H20Cl2O3/c1-3-19-12(18)14(16)10-5-4-9(8-15)13(10,2)7-6-11(14)17/h9-10H,3-8H2,1-2H3/t9-,10+,13-,14-/m0/s1. The van der Waals surface area contributed by atoms with Gasteiger partial charge >= 0.3 is 5.97 Å². The lowest BCUT2D eigenvalue weighted by molar-refractivity contribution is -0.156. The normalized spacial score (nSPS) is 42.0. The molecule has 0 heterocycles. The minimum Gasteiger partial charge on any atom is -0.464 e. The summed E-state index contributed by atoms with van der Waals surface area (Å²) < 4.78 is 5.05. The smallest absolute Gasteiger partial charge is 0.335 e. The van der Waals surface area contributed by atoms with Crippen LogP contribution >= 0.6 is 23.2 Å². The fourth-order valence-corrected chi connectivity index (χ4v) is 4.86. The summed E-state index contributed by atoms with van der Waals surface area (Å²) in [4.78, 5) is 23.0. The highest BCUT2D eigenvalue weighted by molar-refractivity contribution is 6.46. The van der Waals surface area contributed by atoms with Crippen LogP contribution in [0.4, 0.5) is 0 Å². The number of rotatable bonds is 3. The molecule has 2 fully saturated rings. The number of carbonyl (C=O) groups is 2. The van der Waals surface area contributed by atoms with Crippen LogP contribution in [0, 0.1) is 17.3 Å². The second kappa shape index (κ2) is 5.25. The zero-order valence-electron chi connectivity index (χ0n) is 11.4.